The van der Waals surface area contributed by atoms with Crippen LogP contribution in [0.4, 0.5) is 0 Å². The van der Waals surface area contributed by atoms with Gasteiger partial charge in [-0.05, 0) is 54.9 Å². The zero-order valence-corrected chi connectivity index (χ0v) is 14.3. The lowest BCUT2D eigenvalue weighted by atomic mass is 9.74. The van der Waals surface area contributed by atoms with Crippen LogP contribution in [0, 0.1) is 12.3 Å². The Balaban J connectivity index is 1.77. The first-order valence-corrected chi connectivity index (χ1v) is 8.60. The van der Waals surface area contributed by atoms with Gasteiger partial charge in [0.15, 0.2) is 6.61 Å². The summed E-state index contributed by atoms with van der Waals surface area (Å²) in [5.74, 6) is 0.858. The van der Waals surface area contributed by atoms with Crippen molar-refractivity contribution in [3.63, 3.8) is 0 Å². The topological polar surface area (TPSA) is 26.3 Å². The first-order valence-electron chi connectivity index (χ1n) is 7.78. The van der Waals surface area contributed by atoms with E-state index in [0.717, 1.165) is 29.9 Å². The summed E-state index contributed by atoms with van der Waals surface area (Å²) >= 11 is 1.64. The molecule has 3 rings (SSSR count). The molecule has 0 unspecified atom stereocenters. The Morgan fingerprint density at radius 2 is 1.95 bits per heavy atom. The third-order valence-electron chi connectivity index (χ3n) is 4.39. The number of rotatable bonds is 4. The lowest BCUT2D eigenvalue weighted by Gasteiger charge is -2.30. The van der Waals surface area contributed by atoms with Crippen LogP contribution in [-0.4, -0.2) is 12.4 Å². The van der Waals surface area contributed by atoms with Crippen LogP contribution in [0.2, 0.25) is 0 Å². The first kappa shape index (κ1) is 15.3. The molecule has 22 heavy (non-hydrogen) atoms. The van der Waals surface area contributed by atoms with Crippen LogP contribution in [-0.2, 0) is 12.8 Å². The summed E-state index contributed by atoms with van der Waals surface area (Å²) in [5.41, 5.74) is 3.03. The maximum Gasteiger partial charge on any atom is 0.210 e. The van der Waals surface area contributed by atoms with E-state index < -0.39 is 0 Å². The molecule has 116 valence electrons. The van der Waals surface area contributed by atoms with Crippen molar-refractivity contribution >= 4 is 17.1 Å². The molecule has 0 N–H and O–H groups in total. The van der Waals surface area contributed by atoms with Gasteiger partial charge in [0.2, 0.25) is 5.78 Å². The number of hydrogen-bond acceptors (Lipinski definition) is 3. The summed E-state index contributed by atoms with van der Waals surface area (Å²) < 4.78 is 5.62. The second kappa shape index (κ2) is 5.88. The lowest BCUT2D eigenvalue weighted by molar-refractivity contribution is 0.0924. The summed E-state index contributed by atoms with van der Waals surface area (Å²) in [6, 6.07) is 9.53. The van der Waals surface area contributed by atoms with Gasteiger partial charge >= 0.3 is 0 Å². The number of benzene rings is 1. The SMILES string of the molecule is Cc1sc(C(=O)COc2ccccc2)c2c1CC(C)(C)CC2. The highest BCUT2D eigenvalue weighted by Gasteiger charge is 2.31. The molecule has 0 saturated heterocycles. The van der Waals surface area contributed by atoms with E-state index in [1.165, 1.54) is 16.0 Å². The molecule has 0 saturated carbocycles. The van der Waals surface area contributed by atoms with Gasteiger partial charge in [-0.3, -0.25) is 4.79 Å². The van der Waals surface area contributed by atoms with Crippen molar-refractivity contribution < 1.29 is 9.53 Å². The average Bonchev–Trinajstić information content (AvgIpc) is 2.81. The van der Waals surface area contributed by atoms with Crippen LogP contribution in [0.1, 0.15) is 45.9 Å². The molecule has 0 fully saturated rings. The number of aryl methyl sites for hydroxylation is 1. The maximum atomic E-state index is 12.6. The molecule has 1 aromatic heterocycles. The van der Waals surface area contributed by atoms with Crippen LogP contribution >= 0.6 is 11.3 Å². The number of ether oxygens (including phenoxy) is 1. The number of hydrogen-bond donors (Lipinski definition) is 0. The number of para-hydroxylation sites is 1. The molecule has 0 bridgehead atoms. The highest BCUT2D eigenvalue weighted by atomic mass is 32.1. The van der Waals surface area contributed by atoms with Crippen molar-refractivity contribution in [2.45, 2.75) is 40.0 Å². The van der Waals surface area contributed by atoms with Gasteiger partial charge < -0.3 is 4.74 Å². The van der Waals surface area contributed by atoms with Crippen molar-refractivity contribution in [3.05, 3.63) is 51.2 Å². The lowest BCUT2D eigenvalue weighted by Crippen LogP contribution is -2.23. The molecule has 1 heterocycles. The monoisotopic (exact) mass is 314 g/mol. The molecule has 1 aromatic carbocycles. The highest BCUT2D eigenvalue weighted by molar-refractivity contribution is 7.14. The fourth-order valence-electron chi connectivity index (χ4n) is 3.11. The second-order valence-corrected chi connectivity index (χ2v) is 8.04. The third-order valence-corrected chi connectivity index (χ3v) is 5.62. The minimum atomic E-state index is 0.109. The Hall–Kier alpha value is -1.61. The van der Waals surface area contributed by atoms with Crippen LogP contribution in [0.5, 0.6) is 5.75 Å². The second-order valence-electron chi connectivity index (χ2n) is 6.81. The molecule has 0 aliphatic heterocycles. The Morgan fingerprint density at radius 3 is 2.68 bits per heavy atom. The van der Waals surface area contributed by atoms with Crippen LogP contribution < -0.4 is 4.74 Å². The summed E-state index contributed by atoms with van der Waals surface area (Å²) in [7, 11) is 0. The van der Waals surface area contributed by atoms with Crippen molar-refractivity contribution in [1.82, 2.24) is 0 Å². The largest absolute Gasteiger partial charge is 0.485 e. The maximum absolute atomic E-state index is 12.6. The van der Waals surface area contributed by atoms with E-state index >= 15 is 0 Å². The van der Waals surface area contributed by atoms with Crippen molar-refractivity contribution in [1.29, 1.82) is 0 Å². The molecular weight excluding hydrogens is 292 g/mol. The van der Waals surface area contributed by atoms with Gasteiger partial charge in [0, 0.05) is 4.88 Å². The Kier molecular flexibility index (Phi) is 4.09. The summed E-state index contributed by atoms with van der Waals surface area (Å²) in [5, 5.41) is 0. The Bertz CT molecular complexity index is 683. The highest BCUT2D eigenvalue weighted by Crippen LogP contribution is 2.41. The van der Waals surface area contributed by atoms with Crippen LogP contribution in [0.3, 0.4) is 0 Å². The minimum Gasteiger partial charge on any atom is -0.485 e. The van der Waals surface area contributed by atoms with Gasteiger partial charge in [-0.15, -0.1) is 11.3 Å². The van der Waals surface area contributed by atoms with E-state index in [-0.39, 0.29) is 12.4 Å². The first-order chi connectivity index (χ1) is 10.5. The van der Waals surface area contributed by atoms with Gasteiger partial charge in [-0.1, -0.05) is 32.0 Å². The number of fused-ring (bicyclic) bond motifs is 1. The van der Waals surface area contributed by atoms with Crippen LogP contribution in [0.25, 0.3) is 0 Å². The average molecular weight is 314 g/mol. The number of thiophene rings is 1. The number of Topliss-reactive ketones (excluding diaryl/α,β-unsaturated/α-hetero) is 1. The van der Waals surface area contributed by atoms with E-state index in [2.05, 4.69) is 20.8 Å². The Labute approximate surface area is 136 Å². The van der Waals surface area contributed by atoms with E-state index in [1.807, 2.05) is 30.3 Å². The summed E-state index contributed by atoms with van der Waals surface area (Å²) in [6.07, 6.45) is 3.24. The van der Waals surface area contributed by atoms with E-state index in [4.69, 9.17) is 4.74 Å². The molecular formula is C19H22O2S. The van der Waals surface area contributed by atoms with Gasteiger partial charge in [-0.25, -0.2) is 0 Å². The molecule has 0 atom stereocenters. The molecule has 0 spiro atoms. The standard InChI is InChI=1S/C19H22O2S/c1-13-16-11-19(2,3)10-9-15(16)18(22-13)17(20)12-21-14-7-5-4-6-8-14/h4-8H,9-12H2,1-3H3. The predicted molar refractivity (Wildman–Crippen MR) is 91.1 cm³/mol. The number of ketones is 1. The fourth-order valence-corrected chi connectivity index (χ4v) is 4.25. The van der Waals surface area contributed by atoms with Crippen molar-refractivity contribution in [2.75, 3.05) is 6.61 Å². The van der Waals surface area contributed by atoms with Gasteiger partial charge in [0.1, 0.15) is 5.75 Å². The normalized spacial score (nSPS) is 16.1. The third kappa shape index (κ3) is 3.09. The number of carbonyl (C=O) groups is 1. The quantitative estimate of drug-likeness (QED) is 0.755. The van der Waals surface area contributed by atoms with Gasteiger partial charge in [0.05, 0.1) is 4.88 Å². The van der Waals surface area contributed by atoms with Crippen LogP contribution in [0.15, 0.2) is 30.3 Å². The zero-order chi connectivity index (χ0) is 15.7. The van der Waals surface area contributed by atoms with E-state index in [1.54, 1.807) is 11.3 Å². The molecule has 2 aromatic rings. The molecule has 1 aliphatic rings. The molecule has 0 radical (unpaired) electrons. The Morgan fingerprint density at radius 1 is 1.23 bits per heavy atom. The van der Waals surface area contributed by atoms with E-state index in [0.29, 0.717) is 5.41 Å². The zero-order valence-electron chi connectivity index (χ0n) is 13.4. The van der Waals surface area contributed by atoms with Crippen molar-refractivity contribution in [2.24, 2.45) is 5.41 Å². The number of carbonyl (C=O) groups excluding carboxylic acids is 1. The minimum absolute atomic E-state index is 0.109. The smallest absolute Gasteiger partial charge is 0.210 e. The molecule has 1 aliphatic carbocycles. The van der Waals surface area contributed by atoms with Gasteiger partial charge in [-0.2, -0.15) is 0 Å². The fraction of sp³-hybridized carbons (Fsp3) is 0.421. The van der Waals surface area contributed by atoms with E-state index in [9.17, 15) is 4.79 Å². The van der Waals surface area contributed by atoms with Crippen molar-refractivity contribution in [3.8, 4) is 5.75 Å². The molecule has 0 amide bonds. The molecule has 3 heteroatoms. The summed E-state index contributed by atoms with van der Waals surface area (Å²) in [4.78, 5) is 14.8. The van der Waals surface area contributed by atoms with Gasteiger partial charge in [0.25, 0.3) is 0 Å². The predicted octanol–water partition coefficient (Wildman–Crippen LogP) is 4.83. The molecule has 2 nitrogen and oxygen atoms in total. The summed E-state index contributed by atoms with van der Waals surface area (Å²) in [6.45, 7) is 6.89.